The Morgan fingerprint density at radius 3 is 2.73 bits per heavy atom. The smallest absolute Gasteiger partial charge is 0.231 e. The average molecular weight is 349 g/mol. The van der Waals surface area contributed by atoms with Gasteiger partial charge in [0.2, 0.25) is 11.9 Å². The molecular formula is C20H23N5O. The van der Waals surface area contributed by atoms with Gasteiger partial charge in [-0.25, -0.2) is 0 Å². The number of pyridine rings is 1. The molecule has 1 atom stereocenters. The minimum Gasteiger partial charge on any atom is -0.340 e. The maximum Gasteiger partial charge on any atom is 0.231 e. The number of fused-ring (bicyclic) bond motifs is 1. The van der Waals surface area contributed by atoms with Gasteiger partial charge >= 0.3 is 0 Å². The number of hydrogen-bond donors (Lipinski definition) is 1. The Balaban J connectivity index is 1.51. The first-order valence-electron chi connectivity index (χ1n) is 9.05. The molecule has 0 saturated carbocycles. The molecule has 1 fully saturated rings. The zero-order chi connectivity index (χ0) is 18.1. The maximum absolute atomic E-state index is 12.7. The summed E-state index contributed by atoms with van der Waals surface area (Å²) in [6.45, 7) is 5.64. The zero-order valence-electron chi connectivity index (χ0n) is 15.1. The van der Waals surface area contributed by atoms with Crippen LogP contribution in [0.4, 0.5) is 11.6 Å². The van der Waals surface area contributed by atoms with Crippen LogP contribution in [0.5, 0.6) is 0 Å². The number of piperidine rings is 1. The molecule has 0 spiro atoms. The van der Waals surface area contributed by atoms with Crippen molar-refractivity contribution in [1.29, 1.82) is 0 Å². The van der Waals surface area contributed by atoms with Gasteiger partial charge in [-0.15, -0.1) is 10.2 Å². The van der Waals surface area contributed by atoms with Gasteiger partial charge in [0.1, 0.15) is 0 Å². The molecule has 1 saturated heterocycles. The third-order valence-electron chi connectivity index (χ3n) is 5.00. The normalized spacial score (nSPS) is 17.5. The van der Waals surface area contributed by atoms with Crippen molar-refractivity contribution in [1.82, 2.24) is 14.6 Å². The number of amides is 1. The van der Waals surface area contributed by atoms with Gasteiger partial charge in [-0.2, -0.15) is 0 Å². The fraction of sp³-hybridized carbons (Fsp3) is 0.350. The highest BCUT2D eigenvalue weighted by Gasteiger charge is 2.28. The Bertz CT molecular complexity index is 931. The van der Waals surface area contributed by atoms with Crippen LogP contribution in [0.15, 0.2) is 42.5 Å². The number of anilines is 2. The molecule has 134 valence electrons. The summed E-state index contributed by atoms with van der Waals surface area (Å²) in [5.41, 5.74) is 3.96. The Labute approximate surface area is 152 Å². The molecule has 0 aliphatic carbocycles. The average Bonchev–Trinajstić information content (AvgIpc) is 3.09. The molecule has 1 aliphatic heterocycles. The fourth-order valence-electron chi connectivity index (χ4n) is 3.54. The van der Waals surface area contributed by atoms with Crippen LogP contribution < -0.4 is 10.2 Å². The van der Waals surface area contributed by atoms with Gasteiger partial charge in [-0.05, 0) is 51.0 Å². The first-order valence-corrected chi connectivity index (χ1v) is 9.05. The van der Waals surface area contributed by atoms with E-state index in [0.717, 1.165) is 42.4 Å². The van der Waals surface area contributed by atoms with Gasteiger partial charge in [0, 0.05) is 24.5 Å². The van der Waals surface area contributed by atoms with E-state index in [4.69, 9.17) is 0 Å². The lowest BCUT2D eigenvalue weighted by molar-refractivity contribution is -0.120. The molecule has 3 aromatic rings. The molecule has 26 heavy (non-hydrogen) atoms. The standard InChI is InChI=1S/C20H23N5O/c1-14-8-10-17(11-9-14)21-19(26)16-6-4-12-24(13-16)20-23-22-18-7-3-5-15(2)25(18)20/h3,5,7-11,16H,4,6,12-13H2,1-2H3,(H,21,26). The first-order chi connectivity index (χ1) is 12.6. The topological polar surface area (TPSA) is 62.5 Å². The summed E-state index contributed by atoms with van der Waals surface area (Å²) in [7, 11) is 0. The zero-order valence-corrected chi connectivity index (χ0v) is 15.1. The van der Waals surface area contributed by atoms with E-state index >= 15 is 0 Å². The largest absolute Gasteiger partial charge is 0.340 e. The van der Waals surface area contributed by atoms with Crippen LogP contribution in [0.2, 0.25) is 0 Å². The van der Waals surface area contributed by atoms with Gasteiger partial charge < -0.3 is 10.2 Å². The molecule has 2 aromatic heterocycles. The van der Waals surface area contributed by atoms with Crippen LogP contribution in [0.25, 0.3) is 5.65 Å². The number of carbonyl (C=O) groups excluding carboxylic acids is 1. The molecule has 1 unspecified atom stereocenters. The third kappa shape index (κ3) is 3.14. The van der Waals surface area contributed by atoms with Crippen molar-refractivity contribution in [2.45, 2.75) is 26.7 Å². The van der Waals surface area contributed by atoms with Gasteiger partial charge in [0.15, 0.2) is 5.65 Å². The number of aryl methyl sites for hydroxylation is 2. The minimum atomic E-state index is -0.0542. The van der Waals surface area contributed by atoms with E-state index in [1.54, 1.807) is 0 Å². The highest BCUT2D eigenvalue weighted by atomic mass is 16.1. The Morgan fingerprint density at radius 2 is 1.92 bits per heavy atom. The van der Waals surface area contributed by atoms with Crippen molar-refractivity contribution >= 4 is 23.2 Å². The first kappa shape index (κ1) is 16.6. The van der Waals surface area contributed by atoms with E-state index in [-0.39, 0.29) is 11.8 Å². The van der Waals surface area contributed by atoms with E-state index in [1.807, 2.05) is 56.3 Å². The predicted octanol–water partition coefficient (Wildman–Crippen LogP) is 3.20. The molecule has 4 rings (SSSR count). The Morgan fingerprint density at radius 1 is 1.12 bits per heavy atom. The second-order valence-corrected chi connectivity index (χ2v) is 7.00. The van der Waals surface area contributed by atoms with E-state index in [9.17, 15) is 4.79 Å². The van der Waals surface area contributed by atoms with Crippen molar-refractivity contribution in [2.24, 2.45) is 5.92 Å². The summed E-state index contributed by atoms with van der Waals surface area (Å²) >= 11 is 0. The molecule has 1 amide bonds. The highest BCUT2D eigenvalue weighted by Crippen LogP contribution is 2.24. The van der Waals surface area contributed by atoms with Gasteiger partial charge in [0.25, 0.3) is 0 Å². The van der Waals surface area contributed by atoms with E-state index in [0.29, 0.717) is 6.54 Å². The number of benzene rings is 1. The number of aromatic nitrogens is 3. The number of nitrogens with zero attached hydrogens (tertiary/aromatic N) is 4. The quantitative estimate of drug-likeness (QED) is 0.789. The minimum absolute atomic E-state index is 0.0542. The SMILES string of the molecule is Cc1ccc(NC(=O)C2CCCN(c3nnc4cccc(C)n34)C2)cc1. The molecule has 1 aromatic carbocycles. The van der Waals surface area contributed by atoms with Crippen LogP contribution in [0.3, 0.4) is 0 Å². The molecule has 3 heterocycles. The molecule has 1 N–H and O–H groups in total. The fourth-order valence-corrected chi connectivity index (χ4v) is 3.54. The molecule has 1 aliphatic rings. The summed E-state index contributed by atoms with van der Waals surface area (Å²) in [5, 5.41) is 11.7. The second kappa shape index (κ2) is 6.78. The second-order valence-electron chi connectivity index (χ2n) is 7.00. The number of hydrogen-bond acceptors (Lipinski definition) is 4. The van der Waals surface area contributed by atoms with Crippen molar-refractivity contribution in [3.05, 3.63) is 53.7 Å². The number of rotatable bonds is 3. The molecule has 6 heteroatoms. The summed E-state index contributed by atoms with van der Waals surface area (Å²) in [4.78, 5) is 14.9. The van der Waals surface area contributed by atoms with Crippen molar-refractivity contribution in [3.63, 3.8) is 0 Å². The maximum atomic E-state index is 12.7. The monoisotopic (exact) mass is 349 g/mol. The van der Waals surface area contributed by atoms with E-state index in [1.165, 1.54) is 5.56 Å². The van der Waals surface area contributed by atoms with Crippen LogP contribution in [0, 0.1) is 19.8 Å². The van der Waals surface area contributed by atoms with E-state index < -0.39 is 0 Å². The summed E-state index contributed by atoms with van der Waals surface area (Å²) < 4.78 is 2.06. The van der Waals surface area contributed by atoms with Crippen LogP contribution in [-0.4, -0.2) is 33.6 Å². The number of nitrogens with one attached hydrogen (secondary N) is 1. The lowest BCUT2D eigenvalue weighted by Gasteiger charge is -2.32. The Kier molecular flexibility index (Phi) is 4.32. The van der Waals surface area contributed by atoms with Gasteiger partial charge in [0.05, 0.1) is 5.92 Å². The molecule has 0 radical (unpaired) electrons. The predicted molar refractivity (Wildman–Crippen MR) is 102 cm³/mol. The van der Waals surface area contributed by atoms with Gasteiger partial charge in [-0.1, -0.05) is 23.8 Å². The van der Waals surface area contributed by atoms with Crippen molar-refractivity contribution < 1.29 is 4.79 Å². The van der Waals surface area contributed by atoms with Crippen LogP contribution in [0.1, 0.15) is 24.1 Å². The van der Waals surface area contributed by atoms with Gasteiger partial charge in [-0.3, -0.25) is 9.20 Å². The van der Waals surface area contributed by atoms with Crippen molar-refractivity contribution in [2.75, 3.05) is 23.3 Å². The summed E-state index contributed by atoms with van der Waals surface area (Å²) in [6.07, 6.45) is 1.86. The lowest BCUT2D eigenvalue weighted by Crippen LogP contribution is -2.41. The van der Waals surface area contributed by atoms with Crippen LogP contribution in [-0.2, 0) is 4.79 Å². The molecular weight excluding hydrogens is 326 g/mol. The van der Waals surface area contributed by atoms with Crippen LogP contribution >= 0.6 is 0 Å². The number of carbonyl (C=O) groups is 1. The molecule has 0 bridgehead atoms. The highest BCUT2D eigenvalue weighted by molar-refractivity contribution is 5.93. The van der Waals surface area contributed by atoms with Crippen molar-refractivity contribution in [3.8, 4) is 0 Å². The Hall–Kier alpha value is -2.89. The lowest BCUT2D eigenvalue weighted by atomic mass is 9.97. The summed E-state index contributed by atoms with van der Waals surface area (Å²) in [5.74, 6) is 0.844. The molecule has 6 nitrogen and oxygen atoms in total. The third-order valence-corrected chi connectivity index (χ3v) is 5.00. The van der Waals surface area contributed by atoms with E-state index in [2.05, 4.69) is 24.8 Å². The summed E-state index contributed by atoms with van der Waals surface area (Å²) in [6, 6.07) is 13.9.